The second-order valence-corrected chi connectivity index (χ2v) is 3.79. The summed E-state index contributed by atoms with van der Waals surface area (Å²) in [5.74, 6) is 0.262. The molecule has 0 radical (unpaired) electrons. The van der Waals surface area contributed by atoms with Crippen molar-refractivity contribution in [1.29, 1.82) is 0 Å². The van der Waals surface area contributed by atoms with Gasteiger partial charge in [-0.3, -0.25) is 14.8 Å². The molecule has 0 unspecified atom stereocenters. The van der Waals surface area contributed by atoms with E-state index in [0.29, 0.717) is 5.82 Å². The first-order valence-corrected chi connectivity index (χ1v) is 5.31. The number of carbonyl (C=O) groups excluding carboxylic acids is 1. The average molecular weight is 247 g/mol. The van der Waals surface area contributed by atoms with Crippen LogP contribution in [0.15, 0.2) is 12.3 Å². The predicted molar refractivity (Wildman–Crippen MR) is 64.6 cm³/mol. The molecule has 2 heterocycles. The van der Waals surface area contributed by atoms with E-state index in [-0.39, 0.29) is 18.4 Å². The molecule has 2 rings (SSSR count). The standard InChI is InChI=1S/C10H13N7O/c1-6-7(2)14-15-10(12-6)13-9(18)5-17-4-3-8(11)16-17/h3-4H,5H2,1-2H3,(H2,11,16)(H,12,13,15,18). The van der Waals surface area contributed by atoms with Crippen LogP contribution in [0, 0.1) is 13.8 Å². The molecule has 0 aliphatic rings. The summed E-state index contributed by atoms with van der Waals surface area (Å²) < 4.78 is 1.43. The van der Waals surface area contributed by atoms with Gasteiger partial charge in [-0.15, -0.1) is 5.10 Å². The summed E-state index contributed by atoms with van der Waals surface area (Å²) in [6.07, 6.45) is 1.62. The maximum absolute atomic E-state index is 11.7. The molecule has 18 heavy (non-hydrogen) atoms. The van der Waals surface area contributed by atoms with Crippen molar-refractivity contribution < 1.29 is 4.79 Å². The van der Waals surface area contributed by atoms with Crippen LogP contribution < -0.4 is 11.1 Å². The zero-order valence-corrected chi connectivity index (χ0v) is 10.1. The summed E-state index contributed by atoms with van der Waals surface area (Å²) in [6.45, 7) is 3.65. The first kappa shape index (κ1) is 12.0. The number of hydrogen-bond acceptors (Lipinski definition) is 6. The summed E-state index contributed by atoms with van der Waals surface area (Å²) >= 11 is 0. The lowest BCUT2D eigenvalue weighted by Crippen LogP contribution is -2.21. The van der Waals surface area contributed by atoms with Gasteiger partial charge in [0.25, 0.3) is 0 Å². The molecule has 0 aromatic carbocycles. The average Bonchev–Trinajstić information content (AvgIpc) is 2.69. The van der Waals surface area contributed by atoms with Crippen molar-refractivity contribution in [3.63, 3.8) is 0 Å². The van der Waals surface area contributed by atoms with Gasteiger partial charge in [0.15, 0.2) is 0 Å². The molecule has 0 spiro atoms. The van der Waals surface area contributed by atoms with E-state index >= 15 is 0 Å². The molecule has 0 bridgehead atoms. The van der Waals surface area contributed by atoms with E-state index in [4.69, 9.17) is 5.73 Å². The molecule has 94 valence electrons. The van der Waals surface area contributed by atoms with E-state index in [2.05, 4.69) is 25.6 Å². The normalized spacial score (nSPS) is 10.3. The molecular formula is C10H13N7O. The van der Waals surface area contributed by atoms with Crippen LogP contribution in [0.4, 0.5) is 11.8 Å². The topological polar surface area (TPSA) is 112 Å². The van der Waals surface area contributed by atoms with Gasteiger partial charge in [-0.05, 0) is 19.9 Å². The van der Waals surface area contributed by atoms with Gasteiger partial charge in [-0.2, -0.15) is 10.2 Å². The maximum Gasteiger partial charge on any atom is 0.249 e. The van der Waals surface area contributed by atoms with E-state index in [1.807, 2.05) is 0 Å². The van der Waals surface area contributed by atoms with Gasteiger partial charge < -0.3 is 5.73 Å². The summed E-state index contributed by atoms with van der Waals surface area (Å²) in [6, 6.07) is 1.61. The number of nitrogens with one attached hydrogen (secondary N) is 1. The Kier molecular flexibility index (Phi) is 3.18. The van der Waals surface area contributed by atoms with Crippen molar-refractivity contribution in [1.82, 2.24) is 25.0 Å². The number of anilines is 2. The minimum Gasteiger partial charge on any atom is -0.382 e. The highest BCUT2D eigenvalue weighted by Gasteiger charge is 2.08. The van der Waals surface area contributed by atoms with Crippen molar-refractivity contribution >= 4 is 17.7 Å². The number of aromatic nitrogens is 5. The number of carbonyl (C=O) groups is 1. The third kappa shape index (κ3) is 2.78. The van der Waals surface area contributed by atoms with Crippen molar-refractivity contribution in [2.75, 3.05) is 11.1 Å². The molecule has 0 atom stereocenters. The maximum atomic E-state index is 11.7. The molecule has 3 N–H and O–H groups in total. The minimum absolute atomic E-state index is 0.0491. The van der Waals surface area contributed by atoms with E-state index in [1.165, 1.54) is 4.68 Å². The molecule has 8 nitrogen and oxygen atoms in total. The van der Waals surface area contributed by atoms with Gasteiger partial charge >= 0.3 is 0 Å². The molecule has 0 saturated carbocycles. The van der Waals surface area contributed by atoms with E-state index in [1.54, 1.807) is 26.1 Å². The van der Waals surface area contributed by atoms with Crippen LogP contribution in [-0.4, -0.2) is 30.9 Å². The summed E-state index contributed by atoms with van der Waals surface area (Å²) in [5.41, 5.74) is 6.90. The molecule has 0 aliphatic carbocycles. The van der Waals surface area contributed by atoms with Crippen LogP contribution in [0.25, 0.3) is 0 Å². The Labute approximate surface area is 103 Å². The Bertz CT molecular complexity index is 577. The van der Waals surface area contributed by atoms with E-state index < -0.39 is 0 Å². The summed E-state index contributed by atoms with van der Waals surface area (Å²) in [4.78, 5) is 15.8. The first-order valence-electron chi connectivity index (χ1n) is 5.31. The van der Waals surface area contributed by atoms with Crippen LogP contribution in [0.2, 0.25) is 0 Å². The molecule has 1 amide bonds. The van der Waals surface area contributed by atoms with Gasteiger partial charge in [-0.1, -0.05) is 0 Å². The van der Waals surface area contributed by atoms with Crippen molar-refractivity contribution in [3.8, 4) is 0 Å². The Morgan fingerprint density at radius 1 is 1.39 bits per heavy atom. The predicted octanol–water partition coefficient (Wildman–Crippen LogP) is -0.0942. The summed E-state index contributed by atoms with van der Waals surface area (Å²) in [5, 5.41) is 14.1. The Balaban J connectivity index is 2.00. The number of nitrogen functional groups attached to an aromatic ring is 1. The first-order chi connectivity index (χ1) is 8.54. The van der Waals surface area contributed by atoms with Crippen LogP contribution >= 0.6 is 0 Å². The number of amides is 1. The Hall–Kier alpha value is -2.51. The fourth-order valence-electron chi connectivity index (χ4n) is 1.29. The monoisotopic (exact) mass is 247 g/mol. The molecule has 8 heteroatoms. The Morgan fingerprint density at radius 3 is 2.78 bits per heavy atom. The third-order valence-corrected chi connectivity index (χ3v) is 2.31. The van der Waals surface area contributed by atoms with Crippen molar-refractivity contribution in [3.05, 3.63) is 23.7 Å². The molecule has 2 aromatic heterocycles. The molecule has 0 fully saturated rings. The zero-order valence-electron chi connectivity index (χ0n) is 10.1. The van der Waals surface area contributed by atoms with Crippen LogP contribution in [0.1, 0.15) is 11.4 Å². The fourth-order valence-corrected chi connectivity index (χ4v) is 1.29. The number of rotatable bonds is 3. The van der Waals surface area contributed by atoms with Crippen LogP contribution in [0.5, 0.6) is 0 Å². The lowest BCUT2D eigenvalue weighted by molar-refractivity contribution is -0.116. The van der Waals surface area contributed by atoms with Gasteiger partial charge in [0.05, 0.1) is 11.4 Å². The minimum atomic E-state index is -0.289. The number of nitrogens with zero attached hydrogens (tertiary/aromatic N) is 5. The lowest BCUT2D eigenvalue weighted by Gasteiger charge is -2.04. The van der Waals surface area contributed by atoms with E-state index in [0.717, 1.165) is 11.4 Å². The SMILES string of the molecule is Cc1nnc(NC(=O)Cn2ccc(N)n2)nc1C. The lowest BCUT2D eigenvalue weighted by atomic mass is 10.4. The largest absolute Gasteiger partial charge is 0.382 e. The second kappa shape index (κ2) is 4.78. The molecule has 0 aliphatic heterocycles. The van der Waals surface area contributed by atoms with Gasteiger partial charge in [-0.25, -0.2) is 4.98 Å². The van der Waals surface area contributed by atoms with Gasteiger partial charge in [0.1, 0.15) is 12.4 Å². The fraction of sp³-hybridized carbons (Fsp3) is 0.300. The smallest absolute Gasteiger partial charge is 0.249 e. The quantitative estimate of drug-likeness (QED) is 0.783. The van der Waals surface area contributed by atoms with Gasteiger partial charge in [0, 0.05) is 6.20 Å². The highest BCUT2D eigenvalue weighted by molar-refractivity contribution is 5.88. The number of aryl methyl sites for hydroxylation is 2. The number of hydrogen-bond donors (Lipinski definition) is 2. The molecule has 2 aromatic rings. The van der Waals surface area contributed by atoms with Crippen molar-refractivity contribution in [2.45, 2.75) is 20.4 Å². The van der Waals surface area contributed by atoms with E-state index in [9.17, 15) is 4.79 Å². The third-order valence-electron chi connectivity index (χ3n) is 2.31. The second-order valence-electron chi connectivity index (χ2n) is 3.79. The zero-order chi connectivity index (χ0) is 13.1. The van der Waals surface area contributed by atoms with Crippen molar-refractivity contribution in [2.24, 2.45) is 0 Å². The summed E-state index contributed by atoms with van der Waals surface area (Å²) in [7, 11) is 0. The highest BCUT2D eigenvalue weighted by Crippen LogP contribution is 2.02. The molecule has 0 saturated heterocycles. The highest BCUT2D eigenvalue weighted by atomic mass is 16.2. The number of nitrogens with two attached hydrogens (primary N) is 1. The van der Waals surface area contributed by atoms with Crippen LogP contribution in [0.3, 0.4) is 0 Å². The Morgan fingerprint density at radius 2 is 2.17 bits per heavy atom. The van der Waals surface area contributed by atoms with Gasteiger partial charge in [0.2, 0.25) is 11.9 Å². The van der Waals surface area contributed by atoms with Crippen LogP contribution in [-0.2, 0) is 11.3 Å². The molecular weight excluding hydrogens is 234 g/mol.